The van der Waals surface area contributed by atoms with Gasteiger partial charge in [-0.05, 0) is 47.0 Å². The van der Waals surface area contributed by atoms with Crippen LogP contribution in [0.2, 0.25) is 0 Å². The van der Waals surface area contributed by atoms with Crippen molar-refractivity contribution in [1.82, 2.24) is 15.1 Å². The number of likely N-dealkylation sites (N-methyl/N-ethyl adjacent to an activating group) is 1. The first kappa shape index (κ1) is 15.9. The molecule has 1 heterocycles. The van der Waals surface area contributed by atoms with Crippen LogP contribution in [0.4, 0.5) is 0 Å². The van der Waals surface area contributed by atoms with E-state index in [9.17, 15) is 0 Å². The highest BCUT2D eigenvalue weighted by atomic mass is 16.5. The van der Waals surface area contributed by atoms with Crippen LogP contribution in [0.3, 0.4) is 0 Å². The summed E-state index contributed by atoms with van der Waals surface area (Å²) in [5.74, 6) is 0. The van der Waals surface area contributed by atoms with Gasteiger partial charge in [0.2, 0.25) is 0 Å². The van der Waals surface area contributed by atoms with Crippen molar-refractivity contribution >= 4 is 0 Å². The lowest BCUT2D eigenvalue weighted by Gasteiger charge is -2.33. The van der Waals surface area contributed by atoms with Crippen molar-refractivity contribution in [2.45, 2.75) is 39.3 Å². The molecular weight excluding hydrogens is 226 g/mol. The summed E-state index contributed by atoms with van der Waals surface area (Å²) in [6.45, 7) is 14.1. The monoisotopic (exact) mass is 257 g/mol. The highest BCUT2D eigenvalue weighted by Gasteiger charge is 2.19. The predicted molar refractivity (Wildman–Crippen MR) is 77.1 cm³/mol. The zero-order valence-corrected chi connectivity index (χ0v) is 12.6. The van der Waals surface area contributed by atoms with Crippen molar-refractivity contribution in [1.29, 1.82) is 0 Å². The Balaban J connectivity index is 2.14. The Bertz CT molecular complexity index is 211. The van der Waals surface area contributed by atoms with Gasteiger partial charge in [-0.15, -0.1) is 0 Å². The zero-order chi connectivity index (χ0) is 13.4. The van der Waals surface area contributed by atoms with Gasteiger partial charge in [-0.3, -0.25) is 4.90 Å². The van der Waals surface area contributed by atoms with Crippen LogP contribution in [0.15, 0.2) is 0 Å². The molecule has 0 unspecified atom stereocenters. The van der Waals surface area contributed by atoms with Crippen LogP contribution < -0.4 is 5.32 Å². The van der Waals surface area contributed by atoms with Crippen molar-refractivity contribution in [3.8, 4) is 0 Å². The minimum Gasteiger partial charge on any atom is -0.374 e. The van der Waals surface area contributed by atoms with Gasteiger partial charge in [-0.1, -0.05) is 6.92 Å². The molecule has 0 radical (unpaired) electrons. The van der Waals surface area contributed by atoms with E-state index in [1.807, 2.05) is 0 Å². The van der Waals surface area contributed by atoms with Gasteiger partial charge in [0.15, 0.2) is 0 Å². The van der Waals surface area contributed by atoms with E-state index in [1.165, 1.54) is 19.5 Å². The summed E-state index contributed by atoms with van der Waals surface area (Å²) in [6, 6.07) is 0.649. The Morgan fingerprint density at radius 1 is 1.44 bits per heavy atom. The predicted octanol–water partition coefficient (Wildman–Crippen LogP) is 1.03. The maximum absolute atomic E-state index is 5.76. The van der Waals surface area contributed by atoms with Crippen LogP contribution in [0.1, 0.15) is 27.2 Å². The molecule has 1 fully saturated rings. The van der Waals surface area contributed by atoms with Gasteiger partial charge < -0.3 is 15.0 Å². The number of ether oxygens (including phenoxy) is 1. The molecule has 0 spiro atoms. The lowest BCUT2D eigenvalue weighted by Crippen LogP contribution is -2.47. The Kier molecular flexibility index (Phi) is 7.82. The molecule has 1 saturated heterocycles. The van der Waals surface area contributed by atoms with Gasteiger partial charge in [0.05, 0.1) is 12.7 Å². The molecule has 0 aliphatic carbocycles. The second-order valence-corrected chi connectivity index (χ2v) is 5.53. The molecule has 1 N–H and O–H groups in total. The molecule has 1 aliphatic heterocycles. The standard InChI is InChI=1S/C14H31N3O/c1-5-15-11-14-12-17(9-10-18-14)8-6-7-16(4)13(2)3/h13-15H,5-12H2,1-4H3/t14-/m0/s1. The van der Waals surface area contributed by atoms with E-state index in [-0.39, 0.29) is 0 Å². The summed E-state index contributed by atoms with van der Waals surface area (Å²) in [5.41, 5.74) is 0. The third-order valence-electron chi connectivity index (χ3n) is 3.71. The molecule has 1 aliphatic rings. The first-order valence-electron chi connectivity index (χ1n) is 7.38. The first-order chi connectivity index (χ1) is 8.63. The van der Waals surface area contributed by atoms with Gasteiger partial charge in [-0.25, -0.2) is 0 Å². The normalized spacial score (nSPS) is 22.0. The number of hydrogen-bond donors (Lipinski definition) is 1. The molecule has 18 heavy (non-hydrogen) atoms. The van der Waals surface area contributed by atoms with Crippen molar-refractivity contribution in [2.24, 2.45) is 0 Å². The van der Waals surface area contributed by atoms with Crippen LogP contribution >= 0.6 is 0 Å². The second-order valence-electron chi connectivity index (χ2n) is 5.53. The minimum absolute atomic E-state index is 0.376. The van der Waals surface area contributed by atoms with Gasteiger partial charge in [0.25, 0.3) is 0 Å². The Hall–Kier alpha value is -0.160. The van der Waals surface area contributed by atoms with E-state index in [0.717, 1.165) is 32.8 Å². The number of nitrogens with zero attached hydrogens (tertiary/aromatic N) is 2. The highest BCUT2D eigenvalue weighted by Crippen LogP contribution is 2.06. The molecule has 4 heteroatoms. The summed E-state index contributed by atoms with van der Waals surface area (Å²) in [4.78, 5) is 4.95. The lowest BCUT2D eigenvalue weighted by molar-refractivity contribution is -0.0276. The van der Waals surface area contributed by atoms with Gasteiger partial charge in [-0.2, -0.15) is 0 Å². The number of morpholine rings is 1. The van der Waals surface area contributed by atoms with E-state index >= 15 is 0 Å². The summed E-state index contributed by atoms with van der Waals surface area (Å²) in [6.07, 6.45) is 1.63. The molecule has 0 saturated carbocycles. The molecule has 1 atom stereocenters. The molecule has 4 nitrogen and oxygen atoms in total. The number of rotatable bonds is 8. The van der Waals surface area contributed by atoms with Gasteiger partial charge >= 0.3 is 0 Å². The molecule has 0 aromatic heterocycles. The molecule has 0 aromatic rings. The first-order valence-corrected chi connectivity index (χ1v) is 7.38. The average Bonchev–Trinajstić information content (AvgIpc) is 2.36. The summed E-state index contributed by atoms with van der Waals surface area (Å²) in [5, 5.41) is 3.37. The van der Waals surface area contributed by atoms with E-state index in [1.54, 1.807) is 0 Å². The van der Waals surface area contributed by atoms with Crippen molar-refractivity contribution in [3.05, 3.63) is 0 Å². The fourth-order valence-electron chi connectivity index (χ4n) is 2.21. The highest BCUT2D eigenvalue weighted by molar-refractivity contribution is 4.73. The third-order valence-corrected chi connectivity index (χ3v) is 3.71. The largest absolute Gasteiger partial charge is 0.374 e. The fraction of sp³-hybridized carbons (Fsp3) is 1.00. The maximum Gasteiger partial charge on any atom is 0.0826 e. The number of hydrogen-bond acceptors (Lipinski definition) is 4. The molecule has 1 rings (SSSR count). The molecule has 0 bridgehead atoms. The Labute approximate surface area is 113 Å². The van der Waals surface area contributed by atoms with Crippen LogP contribution in [-0.2, 0) is 4.74 Å². The summed E-state index contributed by atoms with van der Waals surface area (Å²) < 4.78 is 5.76. The third kappa shape index (κ3) is 6.14. The molecule has 0 amide bonds. The maximum atomic E-state index is 5.76. The molecule has 108 valence electrons. The minimum atomic E-state index is 0.376. The summed E-state index contributed by atoms with van der Waals surface area (Å²) in [7, 11) is 2.21. The van der Waals surface area contributed by atoms with Crippen LogP contribution in [0, 0.1) is 0 Å². The van der Waals surface area contributed by atoms with E-state index in [0.29, 0.717) is 12.1 Å². The van der Waals surface area contributed by atoms with E-state index in [4.69, 9.17) is 4.74 Å². The van der Waals surface area contributed by atoms with Crippen LogP contribution in [0.25, 0.3) is 0 Å². The van der Waals surface area contributed by atoms with Gasteiger partial charge in [0, 0.05) is 25.7 Å². The van der Waals surface area contributed by atoms with Crippen molar-refractivity contribution < 1.29 is 4.74 Å². The SMILES string of the molecule is CCNC[C@H]1CN(CCCN(C)C(C)C)CCO1. The Morgan fingerprint density at radius 2 is 2.22 bits per heavy atom. The average molecular weight is 257 g/mol. The second kappa shape index (κ2) is 8.86. The zero-order valence-electron chi connectivity index (χ0n) is 12.6. The fourth-order valence-corrected chi connectivity index (χ4v) is 2.21. The van der Waals surface area contributed by atoms with Crippen molar-refractivity contribution in [3.63, 3.8) is 0 Å². The van der Waals surface area contributed by atoms with Gasteiger partial charge in [0.1, 0.15) is 0 Å². The quantitative estimate of drug-likeness (QED) is 0.703. The van der Waals surface area contributed by atoms with E-state index < -0.39 is 0 Å². The summed E-state index contributed by atoms with van der Waals surface area (Å²) >= 11 is 0. The topological polar surface area (TPSA) is 27.7 Å². The van der Waals surface area contributed by atoms with Crippen LogP contribution in [-0.4, -0.2) is 74.9 Å². The smallest absolute Gasteiger partial charge is 0.0826 e. The lowest BCUT2D eigenvalue weighted by atomic mass is 10.2. The number of nitrogens with one attached hydrogen (secondary N) is 1. The van der Waals surface area contributed by atoms with Crippen molar-refractivity contribution in [2.75, 3.05) is 52.9 Å². The molecular formula is C14H31N3O. The molecule has 0 aromatic carbocycles. The van der Waals surface area contributed by atoms with E-state index in [2.05, 4.69) is 42.9 Å². The van der Waals surface area contributed by atoms with Crippen LogP contribution in [0.5, 0.6) is 0 Å². The Morgan fingerprint density at radius 3 is 2.89 bits per heavy atom.